The highest BCUT2D eigenvalue weighted by atomic mass is 35.5. The third kappa shape index (κ3) is 3.96. The van der Waals surface area contributed by atoms with Crippen LogP contribution < -0.4 is 5.73 Å². The van der Waals surface area contributed by atoms with E-state index in [0.29, 0.717) is 13.1 Å². The second kappa shape index (κ2) is 7.78. The Morgan fingerprint density at radius 2 is 1.90 bits per heavy atom. The topological polar surface area (TPSA) is 66.6 Å². The Bertz CT molecular complexity index is 439. The van der Waals surface area contributed by atoms with Crippen LogP contribution in [-0.2, 0) is 4.79 Å². The minimum atomic E-state index is -0.584. The minimum Gasteiger partial charge on any atom is -0.396 e. The van der Waals surface area contributed by atoms with Crippen LogP contribution in [0.2, 0.25) is 0 Å². The summed E-state index contributed by atoms with van der Waals surface area (Å²) in [5.74, 6) is -0.0150. The summed E-state index contributed by atoms with van der Waals surface area (Å²) in [4.78, 5) is 14.3. The van der Waals surface area contributed by atoms with Gasteiger partial charge in [0, 0.05) is 19.7 Å². The average molecular weight is 313 g/mol. The highest BCUT2D eigenvalue weighted by Gasteiger charge is 2.35. The van der Waals surface area contributed by atoms with E-state index in [1.807, 2.05) is 35.2 Å². The van der Waals surface area contributed by atoms with Gasteiger partial charge in [0.1, 0.15) is 6.04 Å². The van der Waals surface area contributed by atoms with Crippen molar-refractivity contribution < 1.29 is 9.90 Å². The molecule has 118 valence electrons. The van der Waals surface area contributed by atoms with Gasteiger partial charge in [-0.3, -0.25) is 4.79 Å². The van der Waals surface area contributed by atoms with E-state index in [0.717, 1.165) is 24.8 Å². The quantitative estimate of drug-likeness (QED) is 0.895. The molecule has 1 amide bonds. The summed E-state index contributed by atoms with van der Waals surface area (Å²) in [6.45, 7) is 3.68. The number of halogens is 1. The van der Waals surface area contributed by atoms with Crippen molar-refractivity contribution in [3.05, 3.63) is 35.9 Å². The molecule has 1 heterocycles. The number of carbonyl (C=O) groups is 1. The zero-order valence-electron chi connectivity index (χ0n) is 12.5. The first-order chi connectivity index (χ1) is 9.62. The smallest absolute Gasteiger partial charge is 0.244 e. The second-order valence-corrected chi connectivity index (χ2v) is 5.73. The summed E-state index contributed by atoms with van der Waals surface area (Å²) in [6.07, 6.45) is 2.66. The number of amides is 1. The van der Waals surface area contributed by atoms with E-state index < -0.39 is 6.04 Å². The molecule has 4 nitrogen and oxygen atoms in total. The predicted molar refractivity (Wildman–Crippen MR) is 86.2 cm³/mol. The molecule has 2 rings (SSSR count). The molecular weight excluding hydrogens is 288 g/mol. The van der Waals surface area contributed by atoms with Crippen molar-refractivity contribution in [2.45, 2.75) is 32.2 Å². The number of benzene rings is 1. The standard InChI is InChI=1S/C16H24N2O2.ClH/c1-2-16(12-19)8-10-18(11-9-16)15(20)14(17)13-6-4-3-5-7-13;/h3-7,14,19H,2,8-12,17H2,1H3;1H. The summed E-state index contributed by atoms with van der Waals surface area (Å²) < 4.78 is 0. The van der Waals surface area contributed by atoms with Crippen LogP contribution in [0.3, 0.4) is 0 Å². The fourth-order valence-electron chi connectivity index (χ4n) is 2.82. The van der Waals surface area contributed by atoms with Crippen molar-refractivity contribution in [3.8, 4) is 0 Å². The van der Waals surface area contributed by atoms with Crippen molar-refractivity contribution in [2.75, 3.05) is 19.7 Å². The third-order valence-electron chi connectivity index (χ3n) is 4.65. The van der Waals surface area contributed by atoms with Crippen LogP contribution in [0.1, 0.15) is 37.8 Å². The summed E-state index contributed by atoms with van der Waals surface area (Å²) in [6, 6.07) is 8.89. The lowest BCUT2D eigenvalue weighted by molar-refractivity contribution is -0.135. The molecule has 0 aliphatic carbocycles. The molecular formula is C16H25ClN2O2. The molecule has 1 atom stereocenters. The van der Waals surface area contributed by atoms with E-state index >= 15 is 0 Å². The molecule has 1 unspecified atom stereocenters. The molecule has 21 heavy (non-hydrogen) atoms. The molecule has 1 aliphatic rings. The highest BCUT2D eigenvalue weighted by Crippen LogP contribution is 2.34. The Hall–Kier alpha value is -1.10. The lowest BCUT2D eigenvalue weighted by Crippen LogP contribution is -2.47. The third-order valence-corrected chi connectivity index (χ3v) is 4.65. The first-order valence-corrected chi connectivity index (χ1v) is 7.32. The first kappa shape index (κ1) is 18.0. The van der Waals surface area contributed by atoms with E-state index in [1.54, 1.807) is 0 Å². The van der Waals surface area contributed by atoms with E-state index in [9.17, 15) is 9.90 Å². The maximum absolute atomic E-state index is 12.4. The molecule has 0 aromatic heterocycles. The zero-order chi connectivity index (χ0) is 14.6. The van der Waals surface area contributed by atoms with Gasteiger partial charge < -0.3 is 15.7 Å². The summed E-state index contributed by atoms with van der Waals surface area (Å²) in [5, 5.41) is 9.53. The minimum absolute atomic E-state index is 0. The molecule has 0 radical (unpaired) electrons. The van der Waals surface area contributed by atoms with Crippen LogP contribution in [-0.4, -0.2) is 35.6 Å². The molecule has 0 spiro atoms. The highest BCUT2D eigenvalue weighted by molar-refractivity contribution is 5.85. The molecule has 5 heteroatoms. The Morgan fingerprint density at radius 3 is 2.38 bits per heavy atom. The maximum Gasteiger partial charge on any atom is 0.244 e. The number of hydrogen-bond acceptors (Lipinski definition) is 3. The molecule has 1 saturated heterocycles. The van der Waals surface area contributed by atoms with Crippen molar-refractivity contribution in [2.24, 2.45) is 11.1 Å². The molecule has 1 aliphatic heterocycles. The van der Waals surface area contributed by atoms with Gasteiger partial charge in [-0.15, -0.1) is 12.4 Å². The maximum atomic E-state index is 12.4. The molecule has 3 N–H and O–H groups in total. The number of nitrogens with two attached hydrogens (primary N) is 1. The number of nitrogens with zero attached hydrogens (tertiary/aromatic N) is 1. The van der Waals surface area contributed by atoms with Crippen LogP contribution in [0.25, 0.3) is 0 Å². The van der Waals surface area contributed by atoms with E-state index in [4.69, 9.17) is 5.73 Å². The Balaban J connectivity index is 0.00000220. The van der Waals surface area contributed by atoms with E-state index in [2.05, 4.69) is 6.92 Å². The van der Waals surface area contributed by atoms with E-state index in [1.165, 1.54) is 0 Å². The van der Waals surface area contributed by atoms with Crippen LogP contribution in [0.5, 0.6) is 0 Å². The van der Waals surface area contributed by atoms with Crippen molar-refractivity contribution in [1.82, 2.24) is 4.90 Å². The number of carbonyl (C=O) groups excluding carboxylic acids is 1. The Labute approximate surface area is 132 Å². The van der Waals surface area contributed by atoms with Gasteiger partial charge in [-0.1, -0.05) is 37.3 Å². The predicted octanol–water partition coefficient (Wildman–Crippen LogP) is 2.12. The van der Waals surface area contributed by atoms with Crippen LogP contribution in [0.4, 0.5) is 0 Å². The largest absolute Gasteiger partial charge is 0.396 e. The number of hydrogen-bond donors (Lipinski definition) is 2. The van der Waals surface area contributed by atoms with Crippen LogP contribution in [0, 0.1) is 5.41 Å². The van der Waals surface area contributed by atoms with Gasteiger partial charge >= 0.3 is 0 Å². The SMILES string of the molecule is CCC1(CO)CCN(C(=O)C(N)c2ccccc2)CC1.Cl. The molecule has 0 saturated carbocycles. The van der Waals surface area contributed by atoms with Gasteiger partial charge in [-0.2, -0.15) is 0 Å². The Kier molecular flexibility index (Phi) is 6.65. The van der Waals surface area contributed by atoms with Gasteiger partial charge in [0.05, 0.1) is 0 Å². The van der Waals surface area contributed by atoms with Crippen LogP contribution >= 0.6 is 12.4 Å². The lowest BCUT2D eigenvalue weighted by Gasteiger charge is -2.41. The fraction of sp³-hybridized carbons (Fsp3) is 0.562. The van der Waals surface area contributed by atoms with Crippen molar-refractivity contribution >= 4 is 18.3 Å². The summed E-state index contributed by atoms with van der Waals surface area (Å²) in [7, 11) is 0. The molecule has 1 aromatic carbocycles. The van der Waals surface area contributed by atoms with Gasteiger partial charge in [-0.25, -0.2) is 0 Å². The lowest BCUT2D eigenvalue weighted by atomic mass is 9.77. The second-order valence-electron chi connectivity index (χ2n) is 5.73. The van der Waals surface area contributed by atoms with Crippen LogP contribution in [0.15, 0.2) is 30.3 Å². The summed E-state index contributed by atoms with van der Waals surface area (Å²) >= 11 is 0. The zero-order valence-corrected chi connectivity index (χ0v) is 13.3. The van der Waals surface area contributed by atoms with E-state index in [-0.39, 0.29) is 30.3 Å². The van der Waals surface area contributed by atoms with Gasteiger partial charge in [0.15, 0.2) is 0 Å². The van der Waals surface area contributed by atoms with Crippen molar-refractivity contribution in [1.29, 1.82) is 0 Å². The normalized spacial score (nSPS) is 18.7. The Morgan fingerprint density at radius 1 is 1.33 bits per heavy atom. The first-order valence-electron chi connectivity index (χ1n) is 7.32. The average Bonchev–Trinajstić information content (AvgIpc) is 2.54. The molecule has 1 fully saturated rings. The number of piperidine rings is 1. The van der Waals surface area contributed by atoms with Gasteiger partial charge in [0.25, 0.3) is 0 Å². The van der Waals surface area contributed by atoms with Gasteiger partial charge in [-0.05, 0) is 30.2 Å². The monoisotopic (exact) mass is 312 g/mol. The number of aliphatic hydroxyl groups excluding tert-OH is 1. The fourth-order valence-corrected chi connectivity index (χ4v) is 2.82. The number of aliphatic hydroxyl groups is 1. The number of likely N-dealkylation sites (tertiary alicyclic amines) is 1. The number of rotatable bonds is 4. The summed E-state index contributed by atoms with van der Waals surface area (Å²) in [5.41, 5.74) is 6.91. The van der Waals surface area contributed by atoms with Gasteiger partial charge in [0.2, 0.25) is 5.91 Å². The molecule has 1 aromatic rings. The van der Waals surface area contributed by atoms with Crippen molar-refractivity contribution in [3.63, 3.8) is 0 Å². The molecule has 0 bridgehead atoms.